The maximum Gasteiger partial charge on any atom is 0.188 e. The summed E-state index contributed by atoms with van der Waals surface area (Å²) in [7, 11) is 0. The van der Waals surface area contributed by atoms with Crippen LogP contribution in [0.15, 0.2) is 24.3 Å². The summed E-state index contributed by atoms with van der Waals surface area (Å²) < 4.78 is 12.3. The SMILES string of the molecule is CCCCCCC1(/C=C\c2ccc(Cl)c(Cl)c2)OCC(C)(C)CO1. The highest BCUT2D eigenvalue weighted by molar-refractivity contribution is 6.42. The van der Waals surface area contributed by atoms with Crippen molar-refractivity contribution >= 4 is 29.3 Å². The summed E-state index contributed by atoms with van der Waals surface area (Å²) in [6.45, 7) is 7.95. The largest absolute Gasteiger partial charge is 0.346 e. The van der Waals surface area contributed by atoms with Crippen LogP contribution in [0.1, 0.15) is 58.4 Å². The van der Waals surface area contributed by atoms with Crippen LogP contribution in [0.5, 0.6) is 0 Å². The standard InChI is InChI=1S/C20H28Cl2O2/c1-4-5-6-7-11-20(23-14-19(2,3)15-24-20)12-10-16-8-9-17(21)18(22)13-16/h8-10,12-13H,4-7,11,14-15H2,1-3H3/b12-10-. The van der Waals surface area contributed by atoms with Crippen molar-refractivity contribution in [3.05, 3.63) is 39.9 Å². The monoisotopic (exact) mass is 370 g/mol. The quantitative estimate of drug-likeness (QED) is 0.494. The Kier molecular flexibility index (Phi) is 7.18. The first-order valence-corrected chi connectivity index (χ1v) is 9.54. The molecule has 0 bridgehead atoms. The van der Waals surface area contributed by atoms with E-state index in [9.17, 15) is 0 Å². The zero-order valence-electron chi connectivity index (χ0n) is 14.9. The number of rotatable bonds is 7. The van der Waals surface area contributed by atoms with Crippen molar-refractivity contribution in [3.8, 4) is 0 Å². The molecule has 24 heavy (non-hydrogen) atoms. The van der Waals surface area contributed by atoms with Crippen molar-refractivity contribution in [3.63, 3.8) is 0 Å². The van der Waals surface area contributed by atoms with Gasteiger partial charge in [0.2, 0.25) is 0 Å². The van der Waals surface area contributed by atoms with E-state index in [1.54, 1.807) is 0 Å². The van der Waals surface area contributed by atoms with Gasteiger partial charge in [0.25, 0.3) is 0 Å². The molecule has 4 heteroatoms. The molecule has 0 saturated carbocycles. The number of hydrogen-bond acceptors (Lipinski definition) is 2. The van der Waals surface area contributed by atoms with Gasteiger partial charge in [-0.3, -0.25) is 0 Å². The fourth-order valence-corrected chi connectivity index (χ4v) is 2.99. The normalized spacial score (nSPS) is 19.7. The summed E-state index contributed by atoms with van der Waals surface area (Å²) in [4.78, 5) is 0. The van der Waals surface area contributed by atoms with Gasteiger partial charge in [0, 0.05) is 11.8 Å². The van der Waals surface area contributed by atoms with E-state index in [1.165, 1.54) is 19.3 Å². The summed E-state index contributed by atoms with van der Waals surface area (Å²) in [6, 6.07) is 5.61. The van der Waals surface area contributed by atoms with Crippen LogP contribution < -0.4 is 0 Å². The zero-order valence-corrected chi connectivity index (χ0v) is 16.4. The van der Waals surface area contributed by atoms with Crippen molar-refractivity contribution in [2.75, 3.05) is 13.2 Å². The lowest BCUT2D eigenvalue weighted by Gasteiger charge is -2.42. The van der Waals surface area contributed by atoms with Gasteiger partial charge in [-0.15, -0.1) is 0 Å². The van der Waals surface area contributed by atoms with Gasteiger partial charge in [0.15, 0.2) is 5.79 Å². The first-order valence-electron chi connectivity index (χ1n) is 8.78. The van der Waals surface area contributed by atoms with Crippen LogP contribution in [-0.4, -0.2) is 19.0 Å². The van der Waals surface area contributed by atoms with Gasteiger partial charge in [0.05, 0.1) is 23.3 Å². The molecule has 1 aromatic rings. The Morgan fingerprint density at radius 3 is 2.38 bits per heavy atom. The Balaban J connectivity index is 2.09. The average Bonchev–Trinajstić information content (AvgIpc) is 2.55. The van der Waals surface area contributed by atoms with E-state index in [1.807, 2.05) is 30.4 Å². The van der Waals surface area contributed by atoms with Gasteiger partial charge >= 0.3 is 0 Å². The van der Waals surface area contributed by atoms with E-state index in [4.69, 9.17) is 32.7 Å². The van der Waals surface area contributed by atoms with Crippen molar-refractivity contribution in [1.29, 1.82) is 0 Å². The summed E-state index contributed by atoms with van der Waals surface area (Å²) in [5, 5.41) is 1.12. The van der Waals surface area contributed by atoms with Crippen LogP contribution >= 0.6 is 23.2 Å². The highest BCUT2D eigenvalue weighted by atomic mass is 35.5. The number of ether oxygens (including phenoxy) is 2. The topological polar surface area (TPSA) is 18.5 Å². The summed E-state index contributed by atoms with van der Waals surface area (Å²) in [6.07, 6.45) is 9.70. The molecule has 0 unspecified atom stereocenters. The van der Waals surface area contributed by atoms with Gasteiger partial charge in [0.1, 0.15) is 0 Å². The van der Waals surface area contributed by atoms with Crippen LogP contribution in [0, 0.1) is 5.41 Å². The lowest BCUT2D eigenvalue weighted by molar-refractivity contribution is -0.274. The van der Waals surface area contributed by atoms with Crippen LogP contribution in [0.2, 0.25) is 10.0 Å². The van der Waals surface area contributed by atoms with Gasteiger partial charge in [-0.05, 0) is 30.2 Å². The lowest BCUT2D eigenvalue weighted by atomic mass is 9.93. The van der Waals surface area contributed by atoms with Gasteiger partial charge in [-0.1, -0.05) is 75.4 Å². The lowest BCUT2D eigenvalue weighted by Crippen LogP contribution is -2.46. The van der Waals surface area contributed by atoms with E-state index in [0.29, 0.717) is 23.3 Å². The Labute approximate surface area is 156 Å². The third-order valence-corrected chi connectivity index (χ3v) is 5.01. The van der Waals surface area contributed by atoms with E-state index in [-0.39, 0.29) is 5.41 Å². The molecule has 1 heterocycles. The molecule has 0 radical (unpaired) electrons. The molecule has 1 aliphatic rings. The van der Waals surface area contributed by atoms with Crippen molar-refractivity contribution in [1.82, 2.24) is 0 Å². The average molecular weight is 371 g/mol. The summed E-state index contributed by atoms with van der Waals surface area (Å²) >= 11 is 12.1. The fraction of sp³-hybridized carbons (Fsp3) is 0.600. The zero-order chi connectivity index (χ0) is 17.6. The maximum atomic E-state index is 6.17. The third-order valence-electron chi connectivity index (χ3n) is 4.27. The van der Waals surface area contributed by atoms with Crippen molar-refractivity contribution in [2.24, 2.45) is 5.41 Å². The van der Waals surface area contributed by atoms with E-state index >= 15 is 0 Å². The molecule has 0 amide bonds. The van der Waals surface area contributed by atoms with Gasteiger partial charge in [-0.25, -0.2) is 0 Å². The molecule has 1 saturated heterocycles. The Hall–Kier alpha value is -0.540. The van der Waals surface area contributed by atoms with Crippen LogP contribution in [0.25, 0.3) is 6.08 Å². The first-order chi connectivity index (χ1) is 11.4. The molecule has 1 fully saturated rings. The second-order valence-corrected chi connectivity index (χ2v) is 8.19. The molecule has 2 rings (SSSR count). The third kappa shape index (κ3) is 5.77. The first kappa shape index (κ1) is 19.8. The highest BCUT2D eigenvalue weighted by Gasteiger charge is 2.38. The second kappa shape index (κ2) is 8.71. The molecule has 134 valence electrons. The van der Waals surface area contributed by atoms with E-state index < -0.39 is 5.79 Å². The summed E-state index contributed by atoms with van der Waals surface area (Å²) in [5.74, 6) is -0.630. The van der Waals surface area contributed by atoms with Crippen molar-refractivity contribution < 1.29 is 9.47 Å². The highest BCUT2D eigenvalue weighted by Crippen LogP contribution is 2.34. The minimum atomic E-state index is -0.630. The molecule has 0 N–H and O–H groups in total. The number of benzene rings is 1. The molecule has 0 aromatic heterocycles. The smallest absolute Gasteiger partial charge is 0.188 e. The Morgan fingerprint density at radius 2 is 1.75 bits per heavy atom. The molecule has 1 aliphatic heterocycles. The molecule has 0 aliphatic carbocycles. The Morgan fingerprint density at radius 1 is 1.04 bits per heavy atom. The predicted molar refractivity (Wildman–Crippen MR) is 103 cm³/mol. The number of halogens is 2. The summed E-state index contributed by atoms with van der Waals surface area (Å²) in [5.41, 5.74) is 1.05. The maximum absolute atomic E-state index is 6.17. The van der Waals surface area contributed by atoms with E-state index in [0.717, 1.165) is 18.4 Å². The molecular formula is C20H28Cl2O2. The van der Waals surface area contributed by atoms with E-state index in [2.05, 4.69) is 20.8 Å². The van der Waals surface area contributed by atoms with Crippen molar-refractivity contribution in [2.45, 2.75) is 58.7 Å². The molecule has 0 spiro atoms. The van der Waals surface area contributed by atoms with Gasteiger partial charge in [-0.2, -0.15) is 0 Å². The van der Waals surface area contributed by atoms with Crippen LogP contribution in [0.4, 0.5) is 0 Å². The second-order valence-electron chi connectivity index (χ2n) is 7.37. The van der Waals surface area contributed by atoms with Crippen LogP contribution in [0.3, 0.4) is 0 Å². The number of hydrogen-bond donors (Lipinski definition) is 0. The molecule has 0 atom stereocenters. The minimum absolute atomic E-state index is 0.0599. The molecular weight excluding hydrogens is 343 g/mol. The Bertz CT molecular complexity index is 557. The molecule has 2 nitrogen and oxygen atoms in total. The van der Waals surface area contributed by atoms with Crippen LogP contribution in [-0.2, 0) is 9.47 Å². The molecule has 1 aromatic carbocycles. The fourth-order valence-electron chi connectivity index (χ4n) is 2.68. The number of unbranched alkanes of at least 4 members (excludes halogenated alkanes) is 3. The van der Waals surface area contributed by atoms with Gasteiger partial charge < -0.3 is 9.47 Å². The minimum Gasteiger partial charge on any atom is -0.346 e. The predicted octanol–water partition coefficient (Wildman–Crippen LogP) is 6.75.